The van der Waals surface area contributed by atoms with Crippen molar-refractivity contribution in [2.45, 2.75) is 57.2 Å². The van der Waals surface area contributed by atoms with E-state index in [4.69, 9.17) is 4.74 Å². The Morgan fingerprint density at radius 1 is 1.14 bits per heavy atom. The number of hydrogen-bond acceptors (Lipinski definition) is 3. The van der Waals surface area contributed by atoms with Crippen LogP contribution in [-0.2, 0) is 11.0 Å². The first-order valence-corrected chi connectivity index (χ1v) is 10.3. The van der Waals surface area contributed by atoms with E-state index >= 15 is 0 Å². The van der Waals surface area contributed by atoms with Gasteiger partial charge in [-0.15, -0.1) is 0 Å². The summed E-state index contributed by atoms with van der Waals surface area (Å²) in [5.41, 5.74) is -0.685. The van der Waals surface area contributed by atoms with E-state index in [0.29, 0.717) is 19.5 Å². The summed E-state index contributed by atoms with van der Waals surface area (Å²) in [6.07, 6.45) is 4.55. The molecule has 4 aliphatic carbocycles. The van der Waals surface area contributed by atoms with Crippen molar-refractivity contribution in [1.82, 2.24) is 9.88 Å². The molecule has 0 unspecified atom stereocenters. The number of carbonyl (C=O) groups is 1. The molecule has 1 amide bonds. The fraction of sp³-hybridized carbons (Fsp3) is 0.714. The average molecular weight is 394 g/mol. The molecule has 1 aromatic rings. The smallest absolute Gasteiger partial charge is 0.421 e. The van der Waals surface area contributed by atoms with E-state index in [1.54, 1.807) is 4.90 Å². The number of hydrogen-bond donors (Lipinski definition) is 0. The third-order valence-electron chi connectivity index (χ3n) is 7.25. The summed E-state index contributed by atoms with van der Waals surface area (Å²) in [5.74, 6) is 2.15. The van der Waals surface area contributed by atoms with Crippen LogP contribution < -0.4 is 4.74 Å². The van der Waals surface area contributed by atoms with Gasteiger partial charge in [0.05, 0.1) is 13.1 Å². The lowest BCUT2D eigenvalue weighted by Gasteiger charge is -2.57. The first-order valence-electron chi connectivity index (χ1n) is 10.3. The summed E-state index contributed by atoms with van der Waals surface area (Å²) in [6, 6.07) is 2.22. The average Bonchev–Trinajstić information content (AvgIpc) is 2.55. The molecule has 4 bridgehead atoms. The largest absolute Gasteiger partial charge is 0.470 e. The fourth-order valence-corrected chi connectivity index (χ4v) is 6.51. The van der Waals surface area contributed by atoms with Gasteiger partial charge in [0, 0.05) is 12.6 Å². The standard InChI is InChI=1S/C21H25F3N2O2/c22-21(23,24)17-2-1-3-25-19(17)28-16-11-26(12-16)18(27)10-20-7-13-4-14(8-20)6-15(5-13)9-20/h1-3,13-16H,4-12H2. The Labute approximate surface area is 162 Å². The second kappa shape index (κ2) is 6.36. The maximum atomic E-state index is 13.1. The number of amides is 1. The van der Waals surface area contributed by atoms with E-state index in [2.05, 4.69) is 4.98 Å². The highest BCUT2D eigenvalue weighted by atomic mass is 19.4. The highest BCUT2D eigenvalue weighted by molar-refractivity contribution is 5.78. The van der Waals surface area contributed by atoms with Crippen molar-refractivity contribution >= 4 is 5.91 Å². The van der Waals surface area contributed by atoms with Crippen molar-refractivity contribution in [3.8, 4) is 5.88 Å². The fourth-order valence-electron chi connectivity index (χ4n) is 6.51. The number of aromatic nitrogens is 1. The van der Waals surface area contributed by atoms with Gasteiger partial charge < -0.3 is 9.64 Å². The van der Waals surface area contributed by atoms with Crippen molar-refractivity contribution in [3.63, 3.8) is 0 Å². The van der Waals surface area contributed by atoms with Crippen LogP contribution in [0, 0.1) is 23.2 Å². The molecule has 6 rings (SSSR count). The molecule has 4 saturated carbocycles. The van der Waals surface area contributed by atoms with Crippen molar-refractivity contribution in [2.75, 3.05) is 13.1 Å². The minimum Gasteiger partial charge on any atom is -0.470 e. The topological polar surface area (TPSA) is 42.4 Å². The van der Waals surface area contributed by atoms with Gasteiger partial charge in [-0.1, -0.05) is 0 Å². The van der Waals surface area contributed by atoms with E-state index in [-0.39, 0.29) is 11.3 Å². The summed E-state index contributed by atoms with van der Waals surface area (Å²) >= 11 is 0. The first-order chi connectivity index (χ1) is 13.3. The van der Waals surface area contributed by atoms with Gasteiger partial charge >= 0.3 is 6.18 Å². The Morgan fingerprint density at radius 2 is 1.75 bits per heavy atom. The molecule has 4 nitrogen and oxygen atoms in total. The highest BCUT2D eigenvalue weighted by Crippen LogP contribution is 2.61. The first kappa shape index (κ1) is 18.3. The predicted molar refractivity (Wildman–Crippen MR) is 95.5 cm³/mol. The molecule has 1 aromatic heterocycles. The minimum atomic E-state index is -4.50. The van der Waals surface area contributed by atoms with Gasteiger partial charge in [0.15, 0.2) is 0 Å². The van der Waals surface area contributed by atoms with Crippen LogP contribution >= 0.6 is 0 Å². The van der Waals surface area contributed by atoms with E-state index in [9.17, 15) is 18.0 Å². The number of rotatable bonds is 4. The van der Waals surface area contributed by atoms with Gasteiger partial charge in [-0.05, 0) is 73.8 Å². The van der Waals surface area contributed by atoms with Gasteiger partial charge in [-0.2, -0.15) is 13.2 Å². The second-order valence-corrected chi connectivity index (χ2v) is 9.49. The molecule has 0 N–H and O–H groups in total. The molecular formula is C21H25F3N2O2. The number of likely N-dealkylation sites (tertiary alicyclic amines) is 1. The van der Waals surface area contributed by atoms with Crippen LogP contribution in [0.4, 0.5) is 13.2 Å². The number of halogens is 3. The summed E-state index contributed by atoms with van der Waals surface area (Å²) in [4.78, 5) is 18.3. The number of carbonyl (C=O) groups excluding carboxylic acids is 1. The van der Waals surface area contributed by atoms with Gasteiger partial charge in [0.2, 0.25) is 11.8 Å². The molecule has 5 aliphatic rings. The van der Waals surface area contributed by atoms with Crippen molar-refractivity contribution in [1.29, 1.82) is 0 Å². The normalized spacial score (nSPS) is 34.4. The van der Waals surface area contributed by atoms with Gasteiger partial charge in [-0.3, -0.25) is 4.79 Å². The van der Waals surface area contributed by atoms with Crippen molar-refractivity contribution in [2.24, 2.45) is 23.2 Å². The second-order valence-electron chi connectivity index (χ2n) is 9.49. The van der Waals surface area contributed by atoms with E-state index in [1.807, 2.05) is 0 Å². The monoisotopic (exact) mass is 394 g/mol. The Morgan fingerprint density at radius 3 is 2.32 bits per heavy atom. The lowest BCUT2D eigenvalue weighted by molar-refractivity contribution is -0.150. The number of nitrogens with zero attached hydrogens (tertiary/aromatic N) is 2. The Kier molecular flexibility index (Phi) is 4.14. The maximum absolute atomic E-state index is 13.1. The molecule has 0 aromatic carbocycles. The zero-order chi connectivity index (χ0) is 19.5. The molecule has 2 heterocycles. The van der Waals surface area contributed by atoms with E-state index in [1.165, 1.54) is 50.8 Å². The highest BCUT2D eigenvalue weighted by Gasteiger charge is 2.52. The molecule has 28 heavy (non-hydrogen) atoms. The summed E-state index contributed by atoms with van der Waals surface area (Å²) in [6.45, 7) is 0.693. The minimum absolute atomic E-state index is 0.138. The molecule has 0 radical (unpaired) electrons. The van der Waals surface area contributed by atoms with Gasteiger partial charge in [0.1, 0.15) is 11.7 Å². The van der Waals surface area contributed by atoms with Crippen molar-refractivity contribution < 1.29 is 22.7 Å². The molecule has 7 heteroatoms. The molecular weight excluding hydrogens is 369 g/mol. The third kappa shape index (κ3) is 3.26. The van der Waals surface area contributed by atoms with Crippen LogP contribution in [0.2, 0.25) is 0 Å². The van der Waals surface area contributed by atoms with Crippen LogP contribution in [-0.4, -0.2) is 35.0 Å². The lowest BCUT2D eigenvalue weighted by atomic mass is 9.49. The Bertz CT molecular complexity index is 738. The molecule has 5 fully saturated rings. The van der Waals surface area contributed by atoms with Gasteiger partial charge in [0.25, 0.3) is 0 Å². The lowest BCUT2D eigenvalue weighted by Crippen LogP contribution is -2.58. The summed E-state index contributed by atoms with van der Waals surface area (Å²) < 4.78 is 44.6. The van der Waals surface area contributed by atoms with Crippen LogP contribution in [0.5, 0.6) is 5.88 Å². The van der Waals surface area contributed by atoms with E-state index < -0.39 is 23.7 Å². The molecule has 152 valence electrons. The molecule has 0 spiro atoms. The molecule has 1 saturated heterocycles. The number of ether oxygens (including phenoxy) is 1. The summed E-state index contributed by atoms with van der Waals surface area (Å²) in [7, 11) is 0. The predicted octanol–water partition coefficient (Wildman–Crippen LogP) is 4.30. The number of pyridine rings is 1. The van der Waals surface area contributed by atoms with Crippen LogP contribution in [0.25, 0.3) is 0 Å². The van der Waals surface area contributed by atoms with Crippen LogP contribution in [0.1, 0.15) is 50.5 Å². The Hall–Kier alpha value is -1.79. The van der Waals surface area contributed by atoms with Gasteiger partial charge in [-0.25, -0.2) is 4.98 Å². The van der Waals surface area contributed by atoms with E-state index in [0.717, 1.165) is 23.8 Å². The zero-order valence-corrected chi connectivity index (χ0v) is 15.8. The SMILES string of the molecule is O=C(CC12CC3CC(CC(C3)C1)C2)N1CC(Oc2ncccc2C(F)(F)F)C1. The number of alkyl halides is 3. The summed E-state index contributed by atoms with van der Waals surface area (Å²) in [5, 5.41) is 0. The molecule has 0 atom stereocenters. The van der Waals surface area contributed by atoms with Crippen LogP contribution in [0.15, 0.2) is 18.3 Å². The molecule has 1 aliphatic heterocycles. The zero-order valence-electron chi connectivity index (χ0n) is 15.8. The van der Waals surface area contributed by atoms with Crippen molar-refractivity contribution in [3.05, 3.63) is 23.9 Å². The third-order valence-corrected chi connectivity index (χ3v) is 7.25. The Balaban J connectivity index is 1.18. The quantitative estimate of drug-likeness (QED) is 0.765. The van der Waals surface area contributed by atoms with Crippen LogP contribution in [0.3, 0.4) is 0 Å². The maximum Gasteiger partial charge on any atom is 0.421 e.